The molecule has 0 aromatic heterocycles. The second-order valence-electron chi connectivity index (χ2n) is 39.2. The Morgan fingerprint density at radius 3 is 1.30 bits per heavy atom. The zero-order valence-electron chi connectivity index (χ0n) is 66.1. The molecule has 2 aliphatic heterocycles. The summed E-state index contributed by atoms with van der Waals surface area (Å²) in [7, 11) is 0. The maximum Gasteiger partial charge on any atom is 0.252 e. The Bertz CT molecular complexity index is 5080. The molecule has 0 saturated heterocycles. The average Bonchev–Trinajstić information content (AvgIpc) is 1.27. The third kappa shape index (κ3) is 10.1. The minimum Gasteiger partial charge on any atom is -0.311 e. The molecule has 6 aliphatic rings. The first-order chi connectivity index (χ1) is 47.6. The highest BCUT2D eigenvalue weighted by Crippen LogP contribution is 2.62. The summed E-state index contributed by atoms with van der Waals surface area (Å²) >= 11 is 0. The van der Waals surface area contributed by atoms with Crippen molar-refractivity contribution in [3.8, 4) is 22.3 Å². The van der Waals surface area contributed by atoms with Gasteiger partial charge in [0.2, 0.25) is 0 Å². The molecule has 102 heavy (non-hydrogen) atoms. The first-order valence-electron chi connectivity index (χ1n) is 38.4. The smallest absolute Gasteiger partial charge is 0.252 e. The Morgan fingerprint density at radius 2 is 0.775 bits per heavy atom. The van der Waals surface area contributed by atoms with E-state index in [2.05, 4.69) is 363 Å². The summed E-state index contributed by atoms with van der Waals surface area (Å²) < 4.78 is 0. The lowest BCUT2D eigenvalue weighted by Crippen LogP contribution is -2.62. The standard InChI is InChI=1S/C98H110BN3/c1-59-50-73-76(95(17,18)49-46-92(73,11)12)57-82(59)101-83-58-78-77(96(19,20)69-32-28-29-33-70(69)97(78,21)22)56-80(83)99-79-44-43-71-86(68-54-74-75(55-72(68)98(71,23)24)94(15,16)48-47-93(74,13)14)88(79)102(81-45-38-63(91(8,9)10)51-67(81)60-30-26-25-27-31-60)85-53-66(52-84(101)87(85)99)100(64-39-34-61(35-40-64)89(2,3)4)65-41-36-62(37-42-65)90(5,6)7/h25-45,50-58H,46-49H2,1-24H3. The van der Waals surface area contributed by atoms with Gasteiger partial charge in [-0.25, -0.2) is 0 Å². The van der Waals surface area contributed by atoms with Gasteiger partial charge < -0.3 is 14.7 Å². The van der Waals surface area contributed by atoms with Crippen LogP contribution in [0.25, 0.3) is 22.3 Å². The quantitative estimate of drug-likeness (QED) is 0.154. The highest BCUT2D eigenvalue weighted by Gasteiger charge is 2.53. The van der Waals surface area contributed by atoms with Crippen molar-refractivity contribution in [2.24, 2.45) is 0 Å². The zero-order valence-corrected chi connectivity index (χ0v) is 66.1. The van der Waals surface area contributed by atoms with Gasteiger partial charge >= 0.3 is 0 Å². The van der Waals surface area contributed by atoms with Crippen molar-refractivity contribution in [3.05, 3.63) is 260 Å². The molecule has 0 spiro atoms. The first-order valence-corrected chi connectivity index (χ1v) is 38.4. The molecule has 4 aliphatic carbocycles. The molecule has 0 fully saturated rings. The molecule has 0 N–H and O–H groups in total. The van der Waals surface area contributed by atoms with Crippen LogP contribution in [0.3, 0.4) is 0 Å². The number of hydrogen-bond acceptors (Lipinski definition) is 3. The third-order valence-corrected chi connectivity index (χ3v) is 26.4. The van der Waals surface area contributed by atoms with Crippen molar-refractivity contribution in [3.63, 3.8) is 0 Å². The summed E-state index contributed by atoms with van der Waals surface area (Å²) in [5.74, 6) is 0. The number of nitrogens with zero attached hydrogens (tertiary/aromatic N) is 3. The minimum atomic E-state index is -0.312. The van der Waals surface area contributed by atoms with Gasteiger partial charge in [0.1, 0.15) is 0 Å². The predicted molar refractivity (Wildman–Crippen MR) is 440 cm³/mol. The minimum absolute atomic E-state index is 0.00948. The second-order valence-corrected chi connectivity index (χ2v) is 39.2. The van der Waals surface area contributed by atoms with E-state index < -0.39 is 0 Å². The van der Waals surface area contributed by atoms with Crippen molar-refractivity contribution < 1.29 is 0 Å². The van der Waals surface area contributed by atoms with Crippen LogP contribution in [0, 0.1) is 6.92 Å². The second kappa shape index (κ2) is 22.1. The van der Waals surface area contributed by atoms with Crippen molar-refractivity contribution in [1.29, 1.82) is 0 Å². The highest BCUT2D eigenvalue weighted by molar-refractivity contribution is 7.00. The highest BCUT2D eigenvalue weighted by atomic mass is 15.2. The summed E-state index contributed by atoms with van der Waals surface area (Å²) in [4.78, 5) is 8.24. The van der Waals surface area contributed by atoms with Gasteiger partial charge in [0.15, 0.2) is 0 Å². The van der Waals surface area contributed by atoms with Gasteiger partial charge in [0.25, 0.3) is 6.71 Å². The Balaban J connectivity index is 1.12. The Labute approximate surface area is 613 Å². The van der Waals surface area contributed by atoms with Crippen molar-refractivity contribution in [1.82, 2.24) is 0 Å². The van der Waals surface area contributed by atoms with Gasteiger partial charge in [0.05, 0.1) is 11.4 Å². The molecule has 0 saturated carbocycles. The number of aryl methyl sites for hydroxylation is 1. The maximum absolute atomic E-state index is 2.83. The molecule has 2 heterocycles. The summed E-state index contributed by atoms with van der Waals surface area (Å²) in [5.41, 5.74) is 38.5. The van der Waals surface area contributed by atoms with Gasteiger partial charge in [-0.05, 0) is 243 Å². The van der Waals surface area contributed by atoms with Crippen LogP contribution in [0.2, 0.25) is 0 Å². The van der Waals surface area contributed by atoms with Crippen molar-refractivity contribution in [2.45, 2.75) is 246 Å². The van der Waals surface area contributed by atoms with Crippen LogP contribution in [0.1, 0.15) is 263 Å². The van der Waals surface area contributed by atoms with Gasteiger partial charge in [-0.15, -0.1) is 0 Å². The monoisotopic (exact) mass is 1340 g/mol. The SMILES string of the molecule is Cc1cc2c(cc1N1c3cc4c(cc3B3c5ccc6c(c5N(c5ccc(C(C)(C)C)cc5-c5ccccc5)c5cc(N(c7ccc(C(C)(C)C)cc7)c7ccc(C(C)(C)C)cc7)cc1c53)-c1cc3c(cc1C6(C)C)C(C)(C)CCC3(C)C)C(C)(C)c1ccccc1C4(C)C)C(C)(C)CCC2(C)C. The lowest BCUT2D eigenvalue weighted by atomic mass is 9.32. The van der Waals surface area contributed by atoms with Gasteiger partial charge in [0, 0.05) is 67.2 Å². The van der Waals surface area contributed by atoms with Gasteiger partial charge in [-0.2, -0.15) is 0 Å². The van der Waals surface area contributed by atoms with E-state index in [9.17, 15) is 0 Å². The van der Waals surface area contributed by atoms with E-state index in [0.717, 1.165) is 42.7 Å². The van der Waals surface area contributed by atoms with Crippen molar-refractivity contribution >= 4 is 74.3 Å². The van der Waals surface area contributed by atoms with E-state index in [4.69, 9.17) is 0 Å². The number of rotatable bonds is 6. The fraction of sp³-hybridized carbons (Fsp3) is 0.388. The molecule has 10 aromatic rings. The number of hydrogen-bond donors (Lipinski definition) is 0. The molecule has 0 amide bonds. The van der Waals surface area contributed by atoms with Gasteiger partial charge in [-0.3, -0.25) is 0 Å². The van der Waals surface area contributed by atoms with Crippen LogP contribution in [0.15, 0.2) is 182 Å². The Kier molecular flexibility index (Phi) is 14.8. The predicted octanol–water partition coefficient (Wildman–Crippen LogP) is 25.1. The summed E-state index contributed by atoms with van der Waals surface area (Å²) in [5, 5.41) is 0. The van der Waals surface area contributed by atoms with E-state index >= 15 is 0 Å². The van der Waals surface area contributed by atoms with Gasteiger partial charge in [-0.1, -0.05) is 275 Å². The Hall–Kier alpha value is -8.34. The summed E-state index contributed by atoms with van der Waals surface area (Å²) in [6.45, 7) is 58.5. The summed E-state index contributed by atoms with van der Waals surface area (Å²) in [6.07, 6.45) is 4.58. The molecule has 10 aromatic carbocycles. The molecule has 0 atom stereocenters. The van der Waals surface area contributed by atoms with Crippen LogP contribution in [-0.4, -0.2) is 6.71 Å². The average molecular weight is 1340 g/mol. The molecular formula is C98H110BN3. The number of anilines is 9. The molecule has 4 heteroatoms. The molecule has 0 radical (unpaired) electrons. The van der Waals surface area contributed by atoms with Crippen LogP contribution in [0.4, 0.5) is 51.2 Å². The van der Waals surface area contributed by atoms with Crippen LogP contribution in [0.5, 0.6) is 0 Å². The fourth-order valence-electron chi connectivity index (χ4n) is 19.6. The van der Waals surface area contributed by atoms with E-state index in [-0.39, 0.29) is 60.9 Å². The van der Waals surface area contributed by atoms with E-state index in [1.807, 2.05) is 0 Å². The summed E-state index contributed by atoms with van der Waals surface area (Å²) in [6, 6.07) is 74.0. The lowest BCUT2D eigenvalue weighted by molar-refractivity contribution is 0.331. The number of fused-ring (bicyclic) bond motifs is 12. The Morgan fingerprint density at radius 1 is 0.324 bits per heavy atom. The van der Waals surface area contributed by atoms with E-state index in [1.165, 1.54) is 151 Å². The van der Waals surface area contributed by atoms with Crippen molar-refractivity contribution in [2.75, 3.05) is 14.7 Å². The molecular weight excluding hydrogens is 1230 g/mol. The van der Waals surface area contributed by atoms with Crippen LogP contribution in [-0.2, 0) is 54.1 Å². The normalized spacial score (nSPS) is 18.5. The fourth-order valence-corrected chi connectivity index (χ4v) is 19.6. The maximum atomic E-state index is 2.83. The largest absolute Gasteiger partial charge is 0.311 e. The van der Waals surface area contributed by atoms with Crippen LogP contribution >= 0.6 is 0 Å². The third-order valence-electron chi connectivity index (χ3n) is 26.4. The lowest BCUT2D eigenvalue weighted by Gasteiger charge is -2.49. The topological polar surface area (TPSA) is 9.72 Å². The van der Waals surface area contributed by atoms with Crippen LogP contribution < -0.4 is 31.1 Å². The number of benzene rings is 10. The first kappa shape index (κ1) is 68.1. The van der Waals surface area contributed by atoms with E-state index in [0.29, 0.717) is 0 Å². The molecule has 0 unspecified atom stereocenters. The zero-order chi connectivity index (χ0) is 72.7. The molecule has 16 rings (SSSR count). The molecule has 520 valence electrons. The van der Waals surface area contributed by atoms with E-state index in [1.54, 1.807) is 0 Å². The molecule has 3 nitrogen and oxygen atoms in total. The molecule has 0 bridgehead atoms.